The Morgan fingerprint density at radius 3 is 2.48 bits per heavy atom. The van der Waals surface area contributed by atoms with E-state index in [0.717, 1.165) is 25.6 Å². The molecule has 0 saturated carbocycles. The lowest BCUT2D eigenvalue weighted by Crippen LogP contribution is -2.54. The highest BCUT2D eigenvalue weighted by molar-refractivity contribution is 5.79. The Morgan fingerprint density at radius 1 is 1.05 bits per heavy atom. The van der Waals surface area contributed by atoms with Gasteiger partial charge in [-0.3, -0.25) is 14.5 Å². The van der Waals surface area contributed by atoms with Crippen LogP contribution in [0.1, 0.15) is 19.8 Å². The Hall–Kier alpha value is -1.14. The van der Waals surface area contributed by atoms with Gasteiger partial charge < -0.3 is 15.1 Å². The van der Waals surface area contributed by atoms with Gasteiger partial charge in [-0.25, -0.2) is 0 Å². The van der Waals surface area contributed by atoms with Crippen LogP contribution in [0.25, 0.3) is 0 Å². The lowest BCUT2D eigenvalue weighted by atomic mass is 9.92. The van der Waals surface area contributed by atoms with E-state index in [0.29, 0.717) is 38.8 Å². The lowest BCUT2D eigenvalue weighted by molar-refractivity contribution is -0.139. The number of nitrogens with one attached hydrogen (secondary N) is 1. The van der Waals surface area contributed by atoms with Gasteiger partial charge in [-0.1, -0.05) is 0 Å². The molecule has 6 heteroatoms. The number of fused-ring (bicyclic) bond motifs is 1. The molecule has 2 unspecified atom stereocenters. The summed E-state index contributed by atoms with van der Waals surface area (Å²) in [7, 11) is 0. The molecule has 2 amide bonds. The Morgan fingerprint density at radius 2 is 1.76 bits per heavy atom. The summed E-state index contributed by atoms with van der Waals surface area (Å²) in [5.74, 6) is 1.06. The number of hydrogen-bond donors (Lipinski definition) is 1. The summed E-state index contributed by atoms with van der Waals surface area (Å²) >= 11 is 0. The molecule has 1 N–H and O–H groups in total. The summed E-state index contributed by atoms with van der Waals surface area (Å²) in [5, 5.41) is 3.45. The highest BCUT2D eigenvalue weighted by Gasteiger charge is 2.36. The Bertz CT molecular complexity index is 406. The summed E-state index contributed by atoms with van der Waals surface area (Å²) in [6.45, 7) is 8.02. The summed E-state index contributed by atoms with van der Waals surface area (Å²) in [6, 6.07) is 0.543. The van der Waals surface area contributed by atoms with Crippen LogP contribution in [0.3, 0.4) is 0 Å². The van der Waals surface area contributed by atoms with Crippen LogP contribution in [-0.2, 0) is 9.59 Å². The standard InChI is InChI=1S/C15H26N4O2/c1-12(20)17-5-7-18(8-6-17)15(21)11-19-4-2-3-13-9-16-10-14(13)19/h13-14,16H,2-11H2,1H3. The highest BCUT2D eigenvalue weighted by atomic mass is 16.2. The second-order valence-corrected chi connectivity index (χ2v) is 6.49. The molecule has 0 spiro atoms. The molecular formula is C15H26N4O2. The van der Waals surface area contributed by atoms with Crippen molar-refractivity contribution in [2.24, 2.45) is 5.92 Å². The molecule has 0 aliphatic carbocycles. The molecule has 3 heterocycles. The fraction of sp³-hybridized carbons (Fsp3) is 0.867. The molecule has 2 atom stereocenters. The van der Waals surface area contributed by atoms with E-state index in [1.165, 1.54) is 12.8 Å². The maximum absolute atomic E-state index is 12.5. The first kappa shape index (κ1) is 14.8. The predicted molar refractivity (Wildman–Crippen MR) is 79.8 cm³/mol. The molecule has 3 aliphatic heterocycles. The number of piperazine rings is 1. The molecule has 3 aliphatic rings. The predicted octanol–water partition coefficient (Wildman–Crippen LogP) is -0.639. The van der Waals surface area contributed by atoms with Crippen molar-refractivity contribution in [1.29, 1.82) is 0 Å². The largest absolute Gasteiger partial charge is 0.339 e. The molecule has 3 fully saturated rings. The van der Waals surface area contributed by atoms with E-state index in [1.807, 2.05) is 9.80 Å². The van der Waals surface area contributed by atoms with Gasteiger partial charge in [-0.15, -0.1) is 0 Å². The lowest BCUT2D eigenvalue weighted by Gasteiger charge is -2.39. The van der Waals surface area contributed by atoms with Crippen LogP contribution in [0.4, 0.5) is 0 Å². The Kier molecular flexibility index (Phi) is 4.45. The third kappa shape index (κ3) is 3.21. The Labute approximate surface area is 126 Å². The number of amides is 2. The SMILES string of the molecule is CC(=O)N1CCN(C(=O)CN2CCCC3CNCC32)CC1. The normalized spacial score (nSPS) is 30.3. The third-order valence-electron chi connectivity index (χ3n) is 5.21. The molecule has 0 aromatic rings. The van der Waals surface area contributed by atoms with Crippen molar-refractivity contribution in [2.45, 2.75) is 25.8 Å². The van der Waals surface area contributed by atoms with Crippen LogP contribution in [0.15, 0.2) is 0 Å². The van der Waals surface area contributed by atoms with Crippen LogP contribution < -0.4 is 5.32 Å². The molecule has 6 nitrogen and oxygen atoms in total. The number of nitrogens with zero attached hydrogens (tertiary/aromatic N) is 3. The minimum absolute atomic E-state index is 0.109. The minimum Gasteiger partial charge on any atom is -0.339 e. The van der Waals surface area contributed by atoms with Crippen LogP contribution >= 0.6 is 0 Å². The van der Waals surface area contributed by atoms with Crippen molar-refractivity contribution in [3.63, 3.8) is 0 Å². The number of piperidine rings is 1. The summed E-state index contributed by atoms with van der Waals surface area (Å²) in [5.41, 5.74) is 0. The molecule has 3 rings (SSSR count). The van der Waals surface area contributed by atoms with Crippen LogP contribution in [0.2, 0.25) is 0 Å². The van der Waals surface area contributed by atoms with Gasteiger partial charge in [-0.05, 0) is 31.8 Å². The van der Waals surface area contributed by atoms with E-state index in [9.17, 15) is 9.59 Å². The van der Waals surface area contributed by atoms with E-state index < -0.39 is 0 Å². The number of carbonyl (C=O) groups excluding carboxylic acids is 2. The maximum atomic E-state index is 12.5. The topological polar surface area (TPSA) is 55.9 Å². The molecule has 3 saturated heterocycles. The first-order valence-corrected chi connectivity index (χ1v) is 8.13. The zero-order valence-corrected chi connectivity index (χ0v) is 12.9. The second kappa shape index (κ2) is 6.32. The first-order chi connectivity index (χ1) is 10.1. The molecule has 118 valence electrons. The fourth-order valence-electron chi connectivity index (χ4n) is 3.90. The maximum Gasteiger partial charge on any atom is 0.236 e. The van der Waals surface area contributed by atoms with Gasteiger partial charge in [-0.2, -0.15) is 0 Å². The van der Waals surface area contributed by atoms with Crippen molar-refractivity contribution in [1.82, 2.24) is 20.0 Å². The van der Waals surface area contributed by atoms with Crippen molar-refractivity contribution >= 4 is 11.8 Å². The zero-order chi connectivity index (χ0) is 14.8. The van der Waals surface area contributed by atoms with Crippen molar-refractivity contribution in [2.75, 3.05) is 52.4 Å². The van der Waals surface area contributed by atoms with Gasteiger partial charge in [0.2, 0.25) is 11.8 Å². The van der Waals surface area contributed by atoms with Gasteiger partial charge in [0.05, 0.1) is 6.54 Å². The van der Waals surface area contributed by atoms with E-state index in [2.05, 4.69) is 10.2 Å². The van der Waals surface area contributed by atoms with Crippen molar-refractivity contribution in [3.8, 4) is 0 Å². The highest BCUT2D eigenvalue weighted by Crippen LogP contribution is 2.26. The molecular weight excluding hydrogens is 268 g/mol. The van der Waals surface area contributed by atoms with E-state index in [-0.39, 0.29) is 11.8 Å². The van der Waals surface area contributed by atoms with Gasteiger partial charge in [0.1, 0.15) is 0 Å². The average Bonchev–Trinajstić information content (AvgIpc) is 2.97. The number of rotatable bonds is 2. The smallest absolute Gasteiger partial charge is 0.236 e. The van der Waals surface area contributed by atoms with E-state index >= 15 is 0 Å². The third-order valence-corrected chi connectivity index (χ3v) is 5.21. The van der Waals surface area contributed by atoms with Crippen LogP contribution in [-0.4, -0.2) is 84.9 Å². The van der Waals surface area contributed by atoms with Crippen LogP contribution in [0.5, 0.6) is 0 Å². The van der Waals surface area contributed by atoms with Crippen molar-refractivity contribution < 1.29 is 9.59 Å². The van der Waals surface area contributed by atoms with E-state index in [1.54, 1.807) is 6.92 Å². The number of carbonyl (C=O) groups is 2. The zero-order valence-electron chi connectivity index (χ0n) is 12.9. The molecule has 0 bridgehead atoms. The number of likely N-dealkylation sites (tertiary alicyclic amines) is 1. The summed E-state index contributed by atoms with van der Waals surface area (Å²) in [6.07, 6.45) is 2.49. The minimum atomic E-state index is 0.109. The summed E-state index contributed by atoms with van der Waals surface area (Å²) in [4.78, 5) is 29.9. The van der Waals surface area contributed by atoms with Gasteiger partial charge in [0.25, 0.3) is 0 Å². The van der Waals surface area contributed by atoms with Crippen molar-refractivity contribution in [3.05, 3.63) is 0 Å². The van der Waals surface area contributed by atoms with Gasteiger partial charge in [0, 0.05) is 45.7 Å². The quantitative estimate of drug-likeness (QED) is 0.736. The average molecular weight is 294 g/mol. The monoisotopic (exact) mass is 294 g/mol. The molecule has 0 aromatic heterocycles. The van der Waals surface area contributed by atoms with Crippen LogP contribution in [0, 0.1) is 5.92 Å². The van der Waals surface area contributed by atoms with Gasteiger partial charge in [0.15, 0.2) is 0 Å². The Balaban J connectivity index is 1.51. The second-order valence-electron chi connectivity index (χ2n) is 6.49. The van der Waals surface area contributed by atoms with Gasteiger partial charge >= 0.3 is 0 Å². The van der Waals surface area contributed by atoms with E-state index in [4.69, 9.17) is 0 Å². The number of hydrogen-bond acceptors (Lipinski definition) is 4. The first-order valence-electron chi connectivity index (χ1n) is 8.13. The fourth-order valence-corrected chi connectivity index (χ4v) is 3.90. The molecule has 0 radical (unpaired) electrons. The molecule has 0 aromatic carbocycles. The summed E-state index contributed by atoms with van der Waals surface area (Å²) < 4.78 is 0. The molecule has 21 heavy (non-hydrogen) atoms.